The van der Waals surface area contributed by atoms with Crippen LogP contribution in [0, 0.1) is 0 Å². The highest BCUT2D eigenvalue weighted by Gasteiger charge is 2.11. The highest BCUT2D eigenvalue weighted by atomic mass is 35.5. The van der Waals surface area contributed by atoms with Crippen molar-refractivity contribution < 1.29 is 0 Å². The second kappa shape index (κ2) is 7.57. The predicted octanol–water partition coefficient (Wildman–Crippen LogP) is 3.91. The second-order valence-electron chi connectivity index (χ2n) is 6.82. The summed E-state index contributed by atoms with van der Waals surface area (Å²) < 4.78 is 3.68. The number of aryl methyl sites for hydroxylation is 1. The summed E-state index contributed by atoms with van der Waals surface area (Å²) in [4.78, 5) is 8.89. The molecule has 0 fully saturated rings. The quantitative estimate of drug-likeness (QED) is 0.467. The van der Waals surface area contributed by atoms with Gasteiger partial charge in [0.05, 0.1) is 17.6 Å². The van der Waals surface area contributed by atoms with Crippen molar-refractivity contribution in [2.45, 2.75) is 6.42 Å². The fraction of sp³-hybridized carbons (Fsp3) is 0.0952. The molecule has 5 rings (SSSR count). The Morgan fingerprint density at radius 2 is 2.00 bits per heavy atom. The third kappa shape index (κ3) is 3.60. The van der Waals surface area contributed by atoms with E-state index in [1.807, 2.05) is 66.3 Å². The fourth-order valence-electron chi connectivity index (χ4n) is 3.23. The minimum atomic E-state index is 0.501. The Kier molecular flexibility index (Phi) is 4.61. The molecule has 0 aliphatic rings. The molecule has 4 aromatic heterocycles. The molecule has 0 radical (unpaired) electrons. The van der Waals surface area contributed by atoms with E-state index in [4.69, 9.17) is 11.6 Å². The van der Waals surface area contributed by atoms with Crippen molar-refractivity contribution in [3.05, 3.63) is 83.7 Å². The number of halogens is 1. The molecule has 1 aromatic carbocycles. The Labute approximate surface area is 177 Å². The lowest BCUT2D eigenvalue weighted by atomic mass is 10.1. The average molecular weight is 417 g/mol. The minimum Gasteiger partial charge on any atom is -0.321 e. The molecule has 0 atom stereocenters. The lowest BCUT2D eigenvalue weighted by Gasteiger charge is -2.06. The summed E-state index contributed by atoms with van der Waals surface area (Å²) >= 11 is 6.29. The van der Waals surface area contributed by atoms with Gasteiger partial charge < -0.3 is 5.32 Å². The van der Waals surface area contributed by atoms with E-state index in [2.05, 4.69) is 30.6 Å². The zero-order valence-electron chi connectivity index (χ0n) is 16.1. The zero-order valence-corrected chi connectivity index (χ0v) is 16.8. The number of pyridine rings is 1. The highest BCUT2D eigenvalue weighted by molar-refractivity contribution is 6.31. The number of nitrogens with one attached hydrogen (secondary N) is 1. The molecule has 0 saturated heterocycles. The molecular formula is C21H17ClN8. The van der Waals surface area contributed by atoms with E-state index in [1.54, 1.807) is 17.1 Å². The van der Waals surface area contributed by atoms with Crippen molar-refractivity contribution in [3.63, 3.8) is 0 Å². The Balaban J connectivity index is 1.43. The fourth-order valence-corrected chi connectivity index (χ4v) is 3.43. The predicted molar refractivity (Wildman–Crippen MR) is 115 cm³/mol. The molecule has 9 heteroatoms. The molecular weight excluding hydrogens is 400 g/mol. The van der Waals surface area contributed by atoms with E-state index >= 15 is 0 Å². The third-order valence-electron chi connectivity index (χ3n) is 4.70. The summed E-state index contributed by atoms with van der Waals surface area (Å²) in [7, 11) is 1.86. The number of hydrogen-bond donors (Lipinski definition) is 1. The van der Waals surface area contributed by atoms with Crippen molar-refractivity contribution in [2.24, 2.45) is 7.05 Å². The second-order valence-corrected chi connectivity index (χ2v) is 7.23. The summed E-state index contributed by atoms with van der Waals surface area (Å²) in [5.74, 6) is 1.33. The van der Waals surface area contributed by atoms with E-state index in [0.29, 0.717) is 12.4 Å². The van der Waals surface area contributed by atoms with Gasteiger partial charge in [0.2, 0.25) is 5.95 Å². The number of hydrogen-bond acceptors (Lipinski definition) is 6. The van der Waals surface area contributed by atoms with Crippen molar-refractivity contribution in [3.8, 4) is 11.3 Å². The molecule has 5 aromatic rings. The Hall–Kier alpha value is -3.78. The van der Waals surface area contributed by atoms with Gasteiger partial charge in [-0.05, 0) is 29.8 Å². The smallest absolute Gasteiger partial charge is 0.227 e. The van der Waals surface area contributed by atoms with Crippen LogP contribution in [0.3, 0.4) is 0 Å². The standard InChI is InChI=1S/C21H17ClN8/c1-29-13-16(12-24-29)25-21-23-8-6-18(26-21)15-7-9-30-19(27-28-20(30)11-15)10-14-4-2-3-5-17(14)22/h2-9,11-13H,10H2,1H3,(H,23,25,26). The van der Waals surface area contributed by atoms with Gasteiger partial charge in [0.15, 0.2) is 5.65 Å². The van der Waals surface area contributed by atoms with E-state index in [-0.39, 0.29) is 0 Å². The van der Waals surface area contributed by atoms with Crippen LogP contribution in [0.2, 0.25) is 5.02 Å². The number of rotatable bonds is 5. The first kappa shape index (κ1) is 18.3. The van der Waals surface area contributed by atoms with Crippen molar-refractivity contribution in [1.29, 1.82) is 0 Å². The zero-order chi connectivity index (χ0) is 20.5. The van der Waals surface area contributed by atoms with Gasteiger partial charge in [-0.2, -0.15) is 5.10 Å². The first-order valence-corrected chi connectivity index (χ1v) is 9.70. The first-order valence-electron chi connectivity index (χ1n) is 9.32. The van der Waals surface area contributed by atoms with Crippen LogP contribution < -0.4 is 5.32 Å². The summed E-state index contributed by atoms with van der Waals surface area (Å²) in [5, 5.41) is 16.7. The molecule has 0 saturated carbocycles. The van der Waals surface area contributed by atoms with E-state index in [0.717, 1.165) is 39.0 Å². The largest absolute Gasteiger partial charge is 0.321 e. The van der Waals surface area contributed by atoms with Gasteiger partial charge in [-0.25, -0.2) is 9.97 Å². The molecule has 0 unspecified atom stereocenters. The Morgan fingerprint density at radius 1 is 1.10 bits per heavy atom. The maximum Gasteiger partial charge on any atom is 0.227 e. The van der Waals surface area contributed by atoms with Crippen molar-refractivity contribution in [1.82, 2.24) is 34.3 Å². The Bertz CT molecular complexity index is 1340. The molecule has 0 spiro atoms. The number of fused-ring (bicyclic) bond motifs is 1. The molecule has 148 valence electrons. The molecule has 0 amide bonds. The van der Waals surface area contributed by atoms with E-state index < -0.39 is 0 Å². The molecule has 0 aliphatic carbocycles. The van der Waals surface area contributed by atoms with Crippen molar-refractivity contribution >= 4 is 28.9 Å². The summed E-state index contributed by atoms with van der Waals surface area (Å²) in [6.45, 7) is 0. The van der Waals surface area contributed by atoms with Crippen LogP contribution in [-0.2, 0) is 13.5 Å². The lowest BCUT2D eigenvalue weighted by molar-refractivity contribution is 0.768. The van der Waals surface area contributed by atoms with Crippen molar-refractivity contribution in [2.75, 3.05) is 5.32 Å². The van der Waals surface area contributed by atoms with Crippen LogP contribution in [0.4, 0.5) is 11.6 Å². The first-order chi connectivity index (χ1) is 14.7. The highest BCUT2D eigenvalue weighted by Crippen LogP contribution is 2.22. The monoisotopic (exact) mass is 416 g/mol. The van der Waals surface area contributed by atoms with Gasteiger partial charge in [0.25, 0.3) is 0 Å². The number of anilines is 2. The summed E-state index contributed by atoms with van der Waals surface area (Å²) in [5.41, 5.74) is 4.30. The van der Waals surface area contributed by atoms with Crippen LogP contribution in [-0.4, -0.2) is 34.3 Å². The molecule has 0 bridgehead atoms. The average Bonchev–Trinajstić information content (AvgIpc) is 3.35. The number of benzene rings is 1. The molecule has 0 aliphatic heterocycles. The molecule has 8 nitrogen and oxygen atoms in total. The van der Waals surface area contributed by atoms with Gasteiger partial charge in [-0.15, -0.1) is 10.2 Å². The maximum atomic E-state index is 6.29. The third-order valence-corrected chi connectivity index (χ3v) is 5.07. The lowest BCUT2D eigenvalue weighted by Crippen LogP contribution is -1.99. The molecule has 1 N–H and O–H groups in total. The van der Waals surface area contributed by atoms with E-state index in [9.17, 15) is 0 Å². The van der Waals surface area contributed by atoms with Gasteiger partial charge in [0.1, 0.15) is 5.82 Å². The molecule has 30 heavy (non-hydrogen) atoms. The summed E-state index contributed by atoms with van der Waals surface area (Å²) in [6, 6.07) is 13.6. The van der Waals surface area contributed by atoms with Crippen LogP contribution in [0.1, 0.15) is 11.4 Å². The van der Waals surface area contributed by atoms with Crippen LogP contribution >= 0.6 is 11.6 Å². The number of nitrogens with zero attached hydrogens (tertiary/aromatic N) is 7. The normalized spacial score (nSPS) is 11.1. The summed E-state index contributed by atoms with van der Waals surface area (Å²) in [6.07, 6.45) is 7.86. The van der Waals surface area contributed by atoms with Crippen LogP contribution in [0.25, 0.3) is 16.9 Å². The minimum absolute atomic E-state index is 0.501. The van der Waals surface area contributed by atoms with Gasteiger partial charge in [-0.1, -0.05) is 29.8 Å². The van der Waals surface area contributed by atoms with Crippen LogP contribution in [0.15, 0.2) is 67.3 Å². The Morgan fingerprint density at radius 3 is 2.83 bits per heavy atom. The van der Waals surface area contributed by atoms with Gasteiger partial charge in [-0.3, -0.25) is 9.08 Å². The van der Waals surface area contributed by atoms with Gasteiger partial charge in [0, 0.05) is 42.6 Å². The number of aromatic nitrogens is 7. The van der Waals surface area contributed by atoms with E-state index in [1.165, 1.54) is 0 Å². The maximum absolute atomic E-state index is 6.29. The van der Waals surface area contributed by atoms with Crippen LogP contribution in [0.5, 0.6) is 0 Å². The van der Waals surface area contributed by atoms with Gasteiger partial charge >= 0.3 is 0 Å². The SMILES string of the molecule is Cn1cc(Nc2nccc(-c3ccn4c(Cc5ccccc5Cl)nnc4c3)n2)cn1. The molecule has 4 heterocycles. The topological polar surface area (TPSA) is 85.8 Å².